The average Bonchev–Trinajstić information content (AvgIpc) is 2.54. The number of hydrogen-bond acceptors (Lipinski definition) is 3. The maximum Gasteiger partial charge on any atom is 0.255 e. The van der Waals surface area contributed by atoms with Crippen LogP contribution in [0.2, 0.25) is 5.02 Å². The molecular weight excluding hydrogens is 302 g/mol. The molecule has 0 aliphatic heterocycles. The third-order valence-corrected chi connectivity index (χ3v) is 3.57. The zero-order valence-electron chi connectivity index (χ0n) is 12.8. The molecule has 0 heterocycles. The van der Waals surface area contributed by atoms with Crippen molar-refractivity contribution in [2.75, 3.05) is 19.5 Å². The first-order valence-corrected chi connectivity index (χ1v) is 7.28. The van der Waals surface area contributed by atoms with Gasteiger partial charge in [-0.1, -0.05) is 30.7 Å². The number of methoxy groups -OCH3 is 2. The molecule has 0 saturated carbocycles. The van der Waals surface area contributed by atoms with E-state index in [1.807, 2.05) is 24.3 Å². The lowest BCUT2D eigenvalue weighted by atomic mass is 10.1. The van der Waals surface area contributed by atoms with Gasteiger partial charge in [0.2, 0.25) is 0 Å². The van der Waals surface area contributed by atoms with Crippen LogP contribution in [0, 0.1) is 0 Å². The SMILES string of the molecule is CCc1cccc(NC(=O)c2cc(Cl)c(OC)c(OC)c2)c1. The molecule has 22 heavy (non-hydrogen) atoms. The van der Waals surface area contributed by atoms with Crippen LogP contribution in [-0.2, 0) is 6.42 Å². The number of aryl methyl sites for hydroxylation is 1. The lowest BCUT2D eigenvalue weighted by Crippen LogP contribution is -2.12. The Morgan fingerprint density at radius 3 is 2.59 bits per heavy atom. The van der Waals surface area contributed by atoms with Crippen molar-refractivity contribution in [3.63, 3.8) is 0 Å². The molecule has 5 heteroatoms. The van der Waals surface area contributed by atoms with E-state index in [0.717, 1.165) is 17.7 Å². The van der Waals surface area contributed by atoms with Crippen LogP contribution in [0.25, 0.3) is 0 Å². The van der Waals surface area contributed by atoms with E-state index in [-0.39, 0.29) is 5.91 Å². The number of amides is 1. The molecule has 0 fully saturated rings. The number of ether oxygens (including phenoxy) is 2. The smallest absolute Gasteiger partial charge is 0.255 e. The monoisotopic (exact) mass is 319 g/mol. The molecule has 0 bridgehead atoms. The summed E-state index contributed by atoms with van der Waals surface area (Å²) < 4.78 is 10.4. The predicted molar refractivity (Wildman–Crippen MR) is 88.3 cm³/mol. The van der Waals surface area contributed by atoms with Gasteiger partial charge in [-0.25, -0.2) is 0 Å². The van der Waals surface area contributed by atoms with E-state index in [0.29, 0.717) is 22.1 Å². The molecule has 2 rings (SSSR count). The molecule has 0 atom stereocenters. The standard InChI is InChI=1S/C17H18ClNO3/c1-4-11-6-5-7-13(8-11)19-17(20)12-9-14(18)16(22-3)15(10-12)21-2/h5-10H,4H2,1-3H3,(H,19,20). The number of rotatable bonds is 5. The largest absolute Gasteiger partial charge is 0.493 e. The van der Waals surface area contributed by atoms with Crippen molar-refractivity contribution < 1.29 is 14.3 Å². The van der Waals surface area contributed by atoms with E-state index in [4.69, 9.17) is 21.1 Å². The molecule has 116 valence electrons. The van der Waals surface area contributed by atoms with E-state index in [1.54, 1.807) is 12.1 Å². The first-order chi connectivity index (χ1) is 10.6. The highest BCUT2D eigenvalue weighted by Gasteiger charge is 2.15. The Morgan fingerprint density at radius 2 is 1.95 bits per heavy atom. The highest BCUT2D eigenvalue weighted by molar-refractivity contribution is 6.32. The van der Waals surface area contributed by atoms with Crippen LogP contribution < -0.4 is 14.8 Å². The minimum absolute atomic E-state index is 0.254. The van der Waals surface area contributed by atoms with E-state index in [2.05, 4.69) is 12.2 Å². The number of halogens is 1. The van der Waals surface area contributed by atoms with Crippen molar-refractivity contribution in [3.05, 3.63) is 52.5 Å². The molecular formula is C17H18ClNO3. The molecule has 0 saturated heterocycles. The van der Waals surface area contributed by atoms with Gasteiger partial charge >= 0.3 is 0 Å². The summed E-state index contributed by atoms with van der Waals surface area (Å²) in [6, 6.07) is 10.9. The molecule has 1 amide bonds. The van der Waals surface area contributed by atoms with Gasteiger partial charge in [-0.05, 0) is 36.2 Å². The summed E-state index contributed by atoms with van der Waals surface area (Å²) in [5, 5.41) is 3.18. The van der Waals surface area contributed by atoms with E-state index >= 15 is 0 Å². The Kier molecular flexibility index (Phi) is 5.28. The molecule has 2 aromatic carbocycles. The van der Waals surface area contributed by atoms with Gasteiger partial charge in [0.1, 0.15) is 0 Å². The van der Waals surface area contributed by atoms with Crippen LogP contribution >= 0.6 is 11.6 Å². The molecule has 2 aromatic rings. The first kappa shape index (κ1) is 16.2. The quantitative estimate of drug-likeness (QED) is 0.899. The molecule has 0 aliphatic rings. The van der Waals surface area contributed by atoms with E-state index in [9.17, 15) is 4.79 Å². The summed E-state index contributed by atoms with van der Waals surface area (Å²) >= 11 is 6.12. The van der Waals surface area contributed by atoms with Crippen molar-refractivity contribution in [1.29, 1.82) is 0 Å². The van der Waals surface area contributed by atoms with Crippen molar-refractivity contribution in [3.8, 4) is 11.5 Å². The average molecular weight is 320 g/mol. The summed E-state index contributed by atoms with van der Waals surface area (Å²) in [6.07, 6.45) is 0.909. The summed E-state index contributed by atoms with van der Waals surface area (Å²) in [4.78, 5) is 12.4. The second kappa shape index (κ2) is 7.18. The number of anilines is 1. The summed E-state index contributed by atoms with van der Waals surface area (Å²) in [5.41, 5.74) is 2.31. The lowest BCUT2D eigenvalue weighted by molar-refractivity contribution is 0.102. The van der Waals surface area contributed by atoms with Gasteiger partial charge in [0.25, 0.3) is 5.91 Å². The van der Waals surface area contributed by atoms with Crippen molar-refractivity contribution in [1.82, 2.24) is 0 Å². The van der Waals surface area contributed by atoms with E-state index in [1.165, 1.54) is 14.2 Å². The second-order valence-corrected chi connectivity index (χ2v) is 5.11. The van der Waals surface area contributed by atoms with Gasteiger partial charge < -0.3 is 14.8 Å². The second-order valence-electron chi connectivity index (χ2n) is 4.70. The van der Waals surface area contributed by atoms with Crippen LogP contribution in [0.5, 0.6) is 11.5 Å². The molecule has 0 radical (unpaired) electrons. The molecule has 1 N–H and O–H groups in total. The topological polar surface area (TPSA) is 47.6 Å². The Morgan fingerprint density at radius 1 is 1.18 bits per heavy atom. The fourth-order valence-electron chi connectivity index (χ4n) is 2.12. The fraction of sp³-hybridized carbons (Fsp3) is 0.235. The van der Waals surface area contributed by atoms with Gasteiger partial charge in [-0.2, -0.15) is 0 Å². The van der Waals surface area contributed by atoms with Gasteiger partial charge in [0.05, 0.1) is 19.2 Å². The third-order valence-electron chi connectivity index (χ3n) is 3.29. The Hall–Kier alpha value is -2.20. The maximum atomic E-state index is 12.4. The zero-order valence-corrected chi connectivity index (χ0v) is 13.5. The number of nitrogens with one attached hydrogen (secondary N) is 1. The third kappa shape index (κ3) is 3.52. The van der Waals surface area contributed by atoms with Crippen LogP contribution in [0.1, 0.15) is 22.8 Å². The number of carbonyl (C=O) groups excluding carboxylic acids is 1. The molecule has 0 spiro atoms. The van der Waals surface area contributed by atoms with Crippen molar-refractivity contribution in [2.45, 2.75) is 13.3 Å². The predicted octanol–water partition coefficient (Wildman–Crippen LogP) is 4.17. The molecule has 0 unspecified atom stereocenters. The van der Waals surface area contributed by atoms with E-state index < -0.39 is 0 Å². The van der Waals surface area contributed by atoms with Crippen LogP contribution in [0.4, 0.5) is 5.69 Å². The Balaban J connectivity index is 2.27. The van der Waals surface area contributed by atoms with Crippen LogP contribution in [0.3, 0.4) is 0 Å². The van der Waals surface area contributed by atoms with Crippen LogP contribution in [-0.4, -0.2) is 20.1 Å². The summed E-state index contributed by atoms with van der Waals surface area (Å²) in [5.74, 6) is 0.576. The number of carbonyl (C=O) groups is 1. The van der Waals surface area contributed by atoms with Gasteiger partial charge in [-0.3, -0.25) is 4.79 Å². The highest BCUT2D eigenvalue weighted by Crippen LogP contribution is 2.36. The van der Waals surface area contributed by atoms with Crippen molar-refractivity contribution in [2.24, 2.45) is 0 Å². The Bertz CT molecular complexity index is 686. The molecule has 4 nitrogen and oxygen atoms in total. The van der Waals surface area contributed by atoms with Crippen LogP contribution in [0.15, 0.2) is 36.4 Å². The lowest BCUT2D eigenvalue weighted by Gasteiger charge is -2.12. The zero-order chi connectivity index (χ0) is 16.1. The van der Waals surface area contributed by atoms with Gasteiger partial charge in [-0.15, -0.1) is 0 Å². The minimum Gasteiger partial charge on any atom is -0.493 e. The van der Waals surface area contributed by atoms with Crippen molar-refractivity contribution >= 4 is 23.2 Å². The molecule has 0 aromatic heterocycles. The highest BCUT2D eigenvalue weighted by atomic mass is 35.5. The first-order valence-electron chi connectivity index (χ1n) is 6.90. The van der Waals surface area contributed by atoms with Gasteiger partial charge in [0, 0.05) is 11.3 Å². The normalized spacial score (nSPS) is 10.2. The summed E-state index contributed by atoms with van der Waals surface area (Å²) in [6.45, 7) is 2.06. The molecule has 0 aliphatic carbocycles. The number of hydrogen-bond donors (Lipinski definition) is 1. The Labute approximate surface area is 135 Å². The van der Waals surface area contributed by atoms with Gasteiger partial charge in [0.15, 0.2) is 11.5 Å². The fourth-order valence-corrected chi connectivity index (χ4v) is 2.41. The summed E-state index contributed by atoms with van der Waals surface area (Å²) in [7, 11) is 3.00. The minimum atomic E-state index is -0.254. The number of benzene rings is 2. The maximum absolute atomic E-state index is 12.4.